The predicted molar refractivity (Wildman–Crippen MR) is 114 cm³/mol. The molecule has 0 aliphatic carbocycles. The summed E-state index contributed by atoms with van der Waals surface area (Å²) in [5, 5.41) is 11.8. The van der Waals surface area contributed by atoms with Crippen LogP contribution in [0.2, 0.25) is 0 Å². The predicted octanol–water partition coefficient (Wildman–Crippen LogP) is 5.91. The molecule has 30 heavy (non-hydrogen) atoms. The highest BCUT2D eigenvalue weighted by molar-refractivity contribution is 5.86. The molecule has 2 aromatic heterocycles. The first-order valence-corrected chi connectivity index (χ1v) is 9.81. The summed E-state index contributed by atoms with van der Waals surface area (Å²) in [7, 11) is 0. The monoisotopic (exact) mass is 404 g/mol. The van der Waals surface area contributed by atoms with Gasteiger partial charge in [-0.1, -0.05) is 36.4 Å². The van der Waals surface area contributed by atoms with Crippen LogP contribution in [0.4, 0.5) is 8.78 Å². The third-order valence-corrected chi connectivity index (χ3v) is 5.42. The largest absolute Gasteiger partial charge is 0.505 e. The molecule has 1 N–H and O–H groups in total. The highest BCUT2D eigenvalue weighted by Crippen LogP contribution is 2.39. The molecule has 0 radical (unpaired) electrons. The van der Waals surface area contributed by atoms with Gasteiger partial charge in [0.25, 0.3) is 0 Å². The lowest BCUT2D eigenvalue weighted by Gasteiger charge is -2.21. The average molecular weight is 404 g/mol. The van der Waals surface area contributed by atoms with Gasteiger partial charge in [-0.3, -0.25) is 4.98 Å². The number of aromatic nitrogens is 2. The van der Waals surface area contributed by atoms with Crippen LogP contribution in [0.15, 0.2) is 54.6 Å². The van der Waals surface area contributed by atoms with Crippen molar-refractivity contribution in [3.05, 3.63) is 100 Å². The number of hydrogen-bond acceptors (Lipinski definition) is 3. The zero-order valence-electron chi connectivity index (χ0n) is 17.1. The molecule has 0 fully saturated rings. The molecule has 0 aliphatic rings. The van der Waals surface area contributed by atoms with Gasteiger partial charge in [0.2, 0.25) is 0 Å². The van der Waals surface area contributed by atoms with Crippen molar-refractivity contribution < 1.29 is 13.9 Å². The third kappa shape index (κ3) is 3.63. The minimum Gasteiger partial charge on any atom is -0.505 e. The number of phenols is 1. The van der Waals surface area contributed by atoms with Crippen LogP contribution in [0.3, 0.4) is 0 Å². The molecule has 2 heterocycles. The molecule has 0 saturated heterocycles. The number of rotatable bonds is 4. The lowest BCUT2D eigenvalue weighted by Crippen LogP contribution is -2.11. The number of pyridine rings is 2. The normalized spacial score (nSPS) is 12.3. The maximum atomic E-state index is 15.0. The van der Waals surface area contributed by atoms with E-state index in [0.29, 0.717) is 17.5 Å². The molecule has 3 nitrogen and oxygen atoms in total. The van der Waals surface area contributed by atoms with Crippen molar-refractivity contribution in [2.45, 2.75) is 33.1 Å². The van der Waals surface area contributed by atoms with Crippen LogP contribution >= 0.6 is 0 Å². The Kier molecular flexibility index (Phi) is 5.20. The van der Waals surface area contributed by atoms with Gasteiger partial charge in [-0.15, -0.1) is 0 Å². The van der Waals surface area contributed by atoms with E-state index in [9.17, 15) is 13.9 Å². The number of aromatic hydroxyl groups is 1. The van der Waals surface area contributed by atoms with Gasteiger partial charge in [-0.25, -0.2) is 13.8 Å². The fourth-order valence-electron chi connectivity index (χ4n) is 3.81. The lowest BCUT2D eigenvalue weighted by atomic mass is 9.85. The summed E-state index contributed by atoms with van der Waals surface area (Å²) < 4.78 is 29.4. The van der Waals surface area contributed by atoms with Crippen molar-refractivity contribution >= 4 is 10.9 Å². The summed E-state index contributed by atoms with van der Waals surface area (Å²) in [5.41, 5.74) is 3.69. The fraction of sp³-hybridized carbons (Fsp3) is 0.200. The van der Waals surface area contributed by atoms with Gasteiger partial charge in [0.15, 0.2) is 11.6 Å². The molecule has 5 heteroatoms. The van der Waals surface area contributed by atoms with Gasteiger partial charge in [0, 0.05) is 40.4 Å². The van der Waals surface area contributed by atoms with Gasteiger partial charge >= 0.3 is 0 Å². The number of benzene rings is 2. The van der Waals surface area contributed by atoms with E-state index in [2.05, 4.69) is 9.97 Å². The van der Waals surface area contributed by atoms with Crippen LogP contribution in [-0.4, -0.2) is 15.1 Å². The summed E-state index contributed by atoms with van der Waals surface area (Å²) in [6, 6.07) is 16.1. The van der Waals surface area contributed by atoms with Crippen molar-refractivity contribution in [2.24, 2.45) is 0 Å². The first-order chi connectivity index (χ1) is 14.3. The van der Waals surface area contributed by atoms with E-state index < -0.39 is 17.6 Å². The summed E-state index contributed by atoms with van der Waals surface area (Å²) >= 11 is 0. The number of hydrogen-bond donors (Lipinski definition) is 1. The van der Waals surface area contributed by atoms with Crippen molar-refractivity contribution in [2.75, 3.05) is 0 Å². The summed E-state index contributed by atoms with van der Waals surface area (Å²) in [4.78, 5) is 8.98. The van der Waals surface area contributed by atoms with E-state index in [-0.39, 0.29) is 16.9 Å². The van der Waals surface area contributed by atoms with Crippen LogP contribution in [0, 0.1) is 32.4 Å². The van der Waals surface area contributed by atoms with E-state index in [0.717, 1.165) is 22.5 Å². The highest BCUT2D eigenvalue weighted by Gasteiger charge is 2.25. The van der Waals surface area contributed by atoms with E-state index in [1.54, 1.807) is 18.2 Å². The average Bonchev–Trinajstić information content (AvgIpc) is 2.72. The number of phenolic OH excluding ortho intramolecular Hbond substituents is 1. The molecule has 4 aromatic rings. The molecule has 1 unspecified atom stereocenters. The standard InChI is InChI=1S/C25H22F2N2O/c1-14-7-11-19(23(27)22(14)26)21(13-18-6-4-5-15(2)28-18)20-12-10-17-9-8-16(3)29-24(17)25(20)30/h4-12,21,30H,13H2,1-3H3. The number of halogens is 2. The Hall–Kier alpha value is -3.34. The van der Waals surface area contributed by atoms with Crippen molar-refractivity contribution in [1.29, 1.82) is 0 Å². The first kappa shape index (κ1) is 20.0. The van der Waals surface area contributed by atoms with E-state index in [4.69, 9.17) is 0 Å². The minimum absolute atomic E-state index is 0.0192. The molecule has 0 saturated carbocycles. The molecular formula is C25H22F2N2O. The van der Waals surface area contributed by atoms with Crippen LogP contribution in [-0.2, 0) is 6.42 Å². The molecule has 152 valence electrons. The second kappa shape index (κ2) is 7.82. The Labute approximate surface area is 174 Å². The maximum absolute atomic E-state index is 15.0. The van der Waals surface area contributed by atoms with Crippen LogP contribution in [0.1, 0.15) is 39.7 Å². The molecule has 0 bridgehead atoms. The smallest absolute Gasteiger partial charge is 0.162 e. The Morgan fingerprint density at radius 3 is 2.27 bits per heavy atom. The molecule has 4 rings (SSSR count). The van der Waals surface area contributed by atoms with Crippen molar-refractivity contribution in [3.63, 3.8) is 0 Å². The second-order valence-electron chi connectivity index (χ2n) is 7.65. The molecule has 0 amide bonds. The molecule has 0 aliphatic heterocycles. The zero-order chi connectivity index (χ0) is 21.4. The van der Waals surface area contributed by atoms with Gasteiger partial charge in [0.05, 0.1) is 0 Å². The fourth-order valence-corrected chi connectivity index (χ4v) is 3.81. The summed E-state index contributed by atoms with van der Waals surface area (Å²) in [6.07, 6.45) is 0.311. The summed E-state index contributed by atoms with van der Waals surface area (Å²) in [6.45, 7) is 5.25. The highest BCUT2D eigenvalue weighted by atomic mass is 19.2. The molecule has 2 aromatic carbocycles. The molecule has 0 spiro atoms. The third-order valence-electron chi connectivity index (χ3n) is 5.42. The van der Waals surface area contributed by atoms with E-state index in [1.165, 1.54) is 6.92 Å². The van der Waals surface area contributed by atoms with Gasteiger partial charge in [0.1, 0.15) is 11.3 Å². The SMILES string of the molecule is Cc1cccc(CC(c2ccc(C)c(F)c2F)c2ccc3ccc(C)nc3c2O)n1. The van der Waals surface area contributed by atoms with Gasteiger partial charge in [-0.05, 0) is 50.1 Å². The van der Waals surface area contributed by atoms with Crippen molar-refractivity contribution in [1.82, 2.24) is 9.97 Å². The molecular weight excluding hydrogens is 382 g/mol. The van der Waals surface area contributed by atoms with Gasteiger partial charge < -0.3 is 5.11 Å². The topological polar surface area (TPSA) is 46.0 Å². The Morgan fingerprint density at radius 2 is 1.50 bits per heavy atom. The van der Waals surface area contributed by atoms with E-state index in [1.807, 2.05) is 50.2 Å². The number of fused-ring (bicyclic) bond motifs is 1. The van der Waals surface area contributed by atoms with E-state index >= 15 is 0 Å². The van der Waals surface area contributed by atoms with Crippen LogP contribution in [0.25, 0.3) is 10.9 Å². The number of nitrogens with zero attached hydrogens (tertiary/aromatic N) is 2. The Morgan fingerprint density at radius 1 is 0.800 bits per heavy atom. The summed E-state index contributed by atoms with van der Waals surface area (Å²) in [5.74, 6) is -2.41. The number of aryl methyl sites for hydroxylation is 3. The zero-order valence-corrected chi connectivity index (χ0v) is 17.1. The maximum Gasteiger partial charge on any atom is 0.162 e. The minimum atomic E-state index is -0.899. The van der Waals surface area contributed by atoms with Crippen molar-refractivity contribution in [3.8, 4) is 5.75 Å². The Balaban J connectivity index is 1.93. The lowest BCUT2D eigenvalue weighted by molar-refractivity contribution is 0.462. The Bertz CT molecular complexity index is 1250. The second-order valence-corrected chi connectivity index (χ2v) is 7.65. The quantitative estimate of drug-likeness (QED) is 0.460. The van der Waals surface area contributed by atoms with Crippen LogP contribution in [0.5, 0.6) is 5.75 Å². The van der Waals surface area contributed by atoms with Crippen LogP contribution < -0.4 is 0 Å². The first-order valence-electron chi connectivity index (χ1n) is 9.81. The van der Waals surface area contributed by atoms with Gasteiger partial charge in [-0.2, -0.15) is 0 Å². The molecule has 1 atom stereocenters.